The van der Waals surface area contributed by atoms with Crippen molar-refractivity contribution in [2.45, 2.75) is 13.0 Å². The third-order valence-corrected chi connectivity index (χ3v) is 5.62. The molecule has 1 atom stereocenters. The van der Waals surface area contributed by atoms with E-state index >= 15 is 0 Å². The van der Waals surface area contributed by atoms with Crippen LogP contribution in [0.2, 0.25) is 0 Å². The minimum Gasteiger partial charge on any atom is -0.465 e. The van der Waals surface area contributed by atoms with Crippen molar-refractivity contribution in [1.82, 2.24) is 4.90 Å². The van der Waals surface area contributed by atoms with Crippen LogP contribution >= 0.6 is 24.0 Å². The van der Waals surface area contributed by atoms with E-state index in [9.17, 15) is 14.4 Å². The summed E-state index contributed by atoms with van der Waals surface area (Å²) in [5, 5.41) is 3.44. The molecule has 0 spiro atoms. The minimum atomic E-state index is -0.811. The van der Waals surface area contributed by atoms with Crippen molar-refractivity contribution in [1.29, 1.82) is 0 Å². The van der Waals surface area contributed by atoms with Gasteiger partial charge in [-0.2, -0.15) is 0 Å². The molecule has 29 heavy (non-hydrogen) atoms. The molecule has 0 aliphatic carbocycles. The number of carbonyl (C=O) groups excluding carboxylic acids is 2. The Labute approximate surface area is 174 Å². The number of fused-ring (bicyclic) bond motifs is 1. The van der Waals surface area contributed by atoms with Gasteiger partial charge < -0.3 is 14.2 Å². The largest absolute Gasteiger partial charge is 0.465 e. The molecule has 1 N–H and O–H groups in total. The van der Waals surface area contributed by atoms with E-state index in [1.54, 1.807) is 49.4 Å². The van der Waals surface area contributed by atoms with Crippen LogP contribution < -0.4 is 10.9 Å². The molecule has 0 radical (unpaired) electrons. The Morgan fingerprint density at radius 1 is 1.24 bits per heavy atom. The lowest BCUT2D eigenvalue weighted by molar-refractivity contribution is -0.129. The Kier molecular flexibility index (Phi) is 5.08. The maximum Gasteiger partial charge on any atom is 0.336 e. The summed E-state index contributed by atoms with van der Waals surface area (Å²) < 4.78 is 10.6. The summed E-state index contributed by atoms with van der Waals surface area (Å²) in [6.07, 6.45) is 3.11. The molecule has 1 unspecified atom stereocenters. The highest BCUT2D eigenvalue weighted by atomic mass is 32.2. The van der Waals surface area contributed by atoms with Crippen molar-refractivity contribution in [3.05, 3.63) is 69.8 Å². The van der Waals surface area contributed by atoms with E-state index < -0.39 is 17.6 Å². The normalized spacial score (nSPS) is 16.6. The molecule has 3 heterocycles. The summed E-state index contributed by atoms with van der Waals surface area (Å²) >= 11 is 6.42. The molecule has 1 fully saturated rings. The highest BCUT2D eigenvalue weighted by molar-refractivity contribution is 8.26. The quantitative estimate of drug-likeness (QED) is 0.387. The predicted molar refractivity (Wildman–Crippen MR) is 114 cm³/mol. The number of nitrogens with zero attached hydrogens (tertiary/aromatic N) is 1. The Morgan fingerprint density at radius 2 is 2.07 bits per heavy atom. The number of hydrogen-bond donors (Lipinski definition) is 1. The van der Waals surface area contributed by atoms with Crippen LogP contribution in [-0.4, -0.2) is 27.1 Å². The van der Waals surface area contributed by atoms with Crippen molar-refractivity contribution in [3.63, 3.8) is 0 Å². The average molecular weight is 426 g/mol. The molecule has 4 rings (SSSR count). The van der Waals surface area contributed by atoms with Crippen LogP contribution in [0.25, 0.3) is 17.0 Å². The van der Waals surface area contributed by atoms with Gasteiger partial charge in [0.05, 0.1) is 11.2 Å². The van der Waals surface area contributed by atoms with Gasteiger partial charge in [0.2, 0.25) is 5.91 Å². The van der Waals surface area contributed by atoms with Gasteiger partial charge in [0.1, 0.15) is 21.7 Å². The summed E-state index contributed by atoms with van der Waals surface area (Å²) in [7, 11) is 0. The van der Waals surface area contributed by atoms with E-state index in [0.29, 0.717) is 31.6 Å². The van der Waals surface area contributed by atoms with Crippen LogP contribution in [0.1, 0.15) is 12.7 Å². The van der Waals surface area contributed by atoms with Crippen molar-refractivity contribution < 1.29 is 18.4 Å². The lowest BCUT2D eigenvalue weighted by atomic mass is 10.2. The van der Waals surface area contributed by atoms with Gasteiger partial charge >= 0.3 is 5.63 Å². The second-order valence-corrected chi connectivity index (χ2v) is 7.92. The van der Waals surface area contributed by atoms with Crippen molar-refractivity contribution in [2.24, 2.45) is 0 Å². The van der Waals surface area contributed by atoms with Crippen LogP contribution in [0.5, 0.6) is 0 Å². The Bertz CT molecular complexity index is 1210. The molecule has 146 valence electrons. The number of amides is 2. The monoisotopic (exact) mass is 426 g/mol. The number of carbonyl (C=O) groups is 2. The van der Waals surface area contributed by atoms with Crippen LogP contribution in [0.3, 0.4) is 0 Å². The van der Waals surface area contributed by atoms with Crippen LogP contribution in [0.4, 0.5) is 5.69 Å². The van der Waals surface area contributed by atoms with Gasteiger partial charge in [0.15, 0.2) is 0 Å². The fraction of sp³-hybridized carbons (Fsp3) is 0.100. The van der Waals surface area contributed by atoms with Crippen LogP contribution in [0, 0.1) is 0 Å². The third kappa shape index (κ3) is 3.87. The lowest BCUT2D eigenvalue weighted by Gasteiger charge is -2.22. The first kappa shape index (κ1) is 19.2. The minimum absolute atomic E-state index is 0.302. The first-order valence-electron chi connectivity index (χ1n) is 8.58. The van der Waals surface area contributed by atoms with Gasteiger partial charge in [-0.1, -0.05) is 24.0 Å². The first-order chi connectivity index (χ1) is 13.9. The van der Waals surface area contributed by atoms with E-state index in [1.807, 2.05) is 0 Å². The number of thioether (sulfide) groups is 1. The maximum atomic E-state index is 12.7. The van der Waals surface area contributed by atoms with E-state index in [2.05, 4.69) is 5.32 Å². The molecule has 7 nitrogen and oxygen atoms in total. The predicted octanol–water partition coefficient (Wildman–Crippen LogP) is 3.61. The first-order valence-corrected chi connectivity index (χ1v) is 9.80. The smallest absolute Gasteiger partial charge is 0.336 e. The van der Waals surface area contributed by atoms with Crippen molar-refractivity contribution in [3.8, 4) is 0 Å². The molecule has 0 saturated carbocycles. The molecule has 2 amide bonds. The van der Waals surface area contributed by atoms with Gasteiger partial charge in [0, 0.05) is 23.2 Å². The number of nitrogens with one attached hydrogen (secondary N) is 1. The Morgan fingerprint density at radius 3 is 2.83 bits per heavy atom. The van der Waals surface area contributed by atoms with Crippen LogP contribution in [-0.2, 0) is 9.59 Å². The molecule has 1 aliphatic rings. The second-order valence-electron chi connectivity index (χ2n) is 6.24. The molecular weight excluding hydrogens is 412 g/mol. The van der Waals surface area contributed by atoms with Gasteiger partial charge in [-0.15, -0.1) is 0 Å². The van der Waals surface area contributed by atoms with Gasteiger partial charge in [-0.25, -0.2) is 4.79 Å². The number of furan rings is 1. The molecule has 1 saturated heterocycles. The number of anilines is 1. The zero-order valence-electron chi connectivity index (χ0n) is 15.1. The molecule has 9 heteroatoms. The molecule has 0 bridgehead atoms. The van der Waals surface area contributed by atoms with E-state index in [1.165, 1.54) is 17.2 Å². The van der Waals surface area contributed by atoms with Crippen LogP contribution in [0.15, 0.2) is 67.3 Å². The zero-order valence-corrected chi connectivity index (χ0v) is 16.7. The fourth-order valence-electron chi connectivity index (χ4n) is 2.83. The standard InChI is InChI=1S/C20H14N2O5S2/c1-11(22-19(25)16(29-20(22)28)10-14-3-2-8-26-14)18(24)21-13-5-6-15-12(9-13)4-7-17(23)27-15/h2-11H,1H3,(H,21,24). The summed E-state index contributed by atoms with van der Waals surface area (Å²) in [6, 6.07) is 10.5. The highest BCUT2D eigenvalue weighted by Gasteiger charge is 2.38. The topological polar surface area (TPSA) is 92.8 Å². The molecule has 1 aliphatic heterocycles. The summed E-state index contributed by atoms with van der Waals surface area (Å²) in [5.41, 5.74) is 0.489. The maximum absolute atomic E-state index is 12.7. The third-order valence-electron chi connectivity index (χ3n) is 4.29. The number of thiocarbonyl (C=S) groups is 1. The summed E-state index contributed by atoms with van der Waals surface area (Å²) in [6.45, 7) is 1.61. The van der Waals surface area contributed by atoms with Crippen molar-refractivity contribution >= 4 is 62.8 Å². The molecule has 2 aromatic heterocycles. The number of rotatable bonds is 4. The second kappa shape index (κ2) is 7.69. The Balaban J connectivity index is 1.51. The summed E-state index contributed by atoms with van der Waals surface area (Å²) in [4.78, 5) is 38.4. The van der Waals surface area contributed by atoms with Gasteiger partial charge in [0.25, 0.3) is 5.91 Å². The summed E-state index contributed by atoms with van der Waals surface area (Å²) in [5.74, 6) is -0.206. The van der Waals surface area contributed by atoms with E-state index in [0.717, 1.165) is 11.8 Å². The zero-order chi connectivity index (χ0) is 20.5. The molecule has 1 aromatic carbocycles. The highest BCUT2D eigenvalue weighted by Crippen LogP contribution is 2.34. The van der Waals surface area contributed by atoms with Gasteiger partial charge in [-0.05, 0) is 43.3 Å². The SMILES string of the molecule is CC(C(=O)Nc1ccc2oc(=O)ccc2c1)N1C(=O)C(=Cc2ccco2)SC1=S. The Hall–Kier alpha value is -3.17. The van der Waals surface area contributed by atoms with E-state index in [4.69, 9.17) is 21.1 Å². The fourth-order valence-corrected chi connectivity index (χ4v) is 4.23. The van der Waals surface area contributed by atoms with E-state index in [-0.39, 0.29) is 5.91 Å². The van der Waals surface area contributed by atoms with Gasteiger partial charge in [-0.3, -0.25) is 14.5 Å². The molecule has 3 aromatic rings. The molecular formula is C20H14N2O5S2. The van der Waals surface area contributed by atoms with Crippen molar-refractivity contribution in [2.75, 3.05) is 5.32 Å². The lowest BCUT2D eigenvalue weighted by Crippen LogP contribution is -2.44. The average Bonchev–Trinajstić information content (AvgIpc) is 3.29. The number of benzene rings is 1. The number of hydrogen-bond acceptors (Lipinski definition) is 7.